The van der Waals surface area contributed by atoms with Gasteiger partial charge in [0.15, 0.2) is 0 Å². The molecule has 0 unspecified atom stereocenters. The fraction of sp³-hybridized carbons (Fsp3) is 0.158. The Bertz CT molecular complexity index is 881. The van der Waals surface area contributed by atoms with Gasteiger partial charge in [-0.3, -0.25) is 9.78 Å². The number of nitrogens with one attached hydrogen (secondary N) is 2. The molecule has 0 saturated carbocycles. The third-order valence-electron chi connectivity index (χ3n) is 3.78. The Morgan fingerprint density at radius 2 is 1.92 bits per heavy atom. The number of anilines is 1. The van der Waals surface area contributed by atoms with Gasteiger partial charge in [0.25, 0.3) is 5.91 Å². The number of fused-ring (bicyclic) bond motifs is 1. The molecule has 128 valence electrons. The van der Waals surface area contributed by atoms with E-state index in [-0.39, 0.29) is 5.91 Å². The number of pyridine rings is 1. The van der Waals surface area contributed by atoms with Gasteiger partial charge in [-0.05, 0) is 48.5 Å². The van der Waals surface area contributed by atoms with E-state index in [4.69, 9.17) is 16.3 Å². The van der Waals surface area contributed by atoms with E-state index >= 15 is 0 Å². The quantitative estimate of drug-likeness (QED) is 0.661. The normalized spacial score (nSPS) is 10.5. The molecule has 0 aliphatic rings. The molecule has 0 fully saturated rings. The molecule has 1 aromatic heterocycles. The second kappa shape index (κ2) is 7.85. The van der Waals surface area contributed by atoms with Gasteiger partial charge in [0, 0.05) is 40.9 Å². The number of rotatable bonds is 6. The number of hydrogen-bond donors (Lipinski definition) is 2. The molecule has 0 saturated heterocycles. The van der Waals surface area contributed by atoms with Crippen molar-refractivity contribution in [3.8, 4) is 5.75 Å². The Hall–Kier alpha value is -2.79. The largest absolute Gasteiger partial charge is 0.497 e. The first-order valence-electron chi connectivity index (χ1n) is 7.88. The number of halogens is 1. The van der Waals surface area contributed by atoms with Crippen LogP contribution in [0.3, 0.4) is 0 Å². The number of aromatic nitrogens is 1. The fourth-order valence-electron chi connectivity index (χ4n) is 2.49. The van der Waals surface area contributed by atoms with E-state index in [1.54, 1.807) is 37.6 Å². The molecule has 5 nitrogen and oxygen atoms in total. The van der Waals surface area contributed by atoms with Gasteiger partial charge in [0.1, 0.15) is 5.75 Å². The summed E-state index contributed by atoms with van der Waals surface area (Å²) in [4.78, 5) is 16.4. The van der Waals surface area contributed by atoms with Crippen LogP contribution in [0, 0.1) is 0 Å². The van der Waals surface area contributed by atoms with Crippen LogP contribution in [-0.4, -0.2) is 31.1 Å². The highest BCUT2D eigenvalue weighted by atomic mass is 35.5. The van der Waals surface area contributed by atoms with Crippen LogP contribution < -0.4 is 15.4 Å². The van der Waals surface area contributed by atoms with E-state index in [2.05, 4.69) is 15.6 Å². The molecule has 1 amide bonds. The number of carbonyl (C=O) groups is 1. The monoisotopic (exact) mass is 355 g/mol. The molecule has 0 bridgehead atoms. The molecule has 3 aromatic rings. The maximum Gasteiger partial charge on any atom is 0.251 e. The van der Waals surface area contributed by atoms with E-state index in [1.807, 2.05) is 24.3 Å². The van der Waals surface area contributed by atoms with Crippen molar-refractivity contribution in [1.82, 2.24) is 10.3 Å². The lowest BCUT2D eigenvalue weighted by atomic mass is 10.2. The minimum absolute atomic E-state index is 0.115. The Labute approximate surface area is 151 Å². The Balaban J connectivity index is 1.55. The van der Waals surface area contributed by atoms with Gasteiger partial charge >= 0.3 is 0 Å². The van der Waals surface area contributed by atoms with Gasteiger partial charge < -0.3 is 15.4 Å². The zero-order chi connectivity index (χ0) is 17.6. The summed E-state index contributed by atoms with van der Waals surface area (Å²) in [5.74, 6) is 0.610. The van der Waals surface area contributed by atoms with Crippen molar-refractivity contribution in [1.29, 1.82) is 0 Å². The van der Waals surface area contributed by atoms with Crippen molar-refractivity contribution in [2.45, 2.75) is 0 Å². The number of carbonyl (C=O) groups excluding carboxylic acids is 1. The molecular formula is C19H18ClN3O2. The lowest BCUT2D eigenvalue weighted by Gasteiger charge is -2.10. The van der Waals surface area contributed by atoms with Crippen molar-refractivity contribution in [3.63, 3.8) is 0 Å². The van der Waals surface area contributed by atoms with E-state index in [9.17, 15) is 4.79 Å². The zero-order valence-electron chi connectivity index (χ0n) is 13.8. The Kier molecular flexibility index (Phi) is 5.36. The molecule has 2 aromatic carbocycles. The summed E-state index contributed by atoms with van der Waals surface area (Å²) in [6.45, 7) is 1.10. The lowest BCUT2D eigenvalue weighted by molar-refractivity contribution is 0.0955. The number of amides is 1. The van der Waals surface area contributed by atoms with E-state index in [1.165, 1.54) is 0 Å². The molecule has 0 aliphatic carbocycles. The molecule has 0 aliphatic heterocycles. The summed E-state index contributed by atoms with van der Waals surface area (Å²) in [5.41, 5.74) is 2.39. The number of benzene rings is 2. The Morgan fingerprint density at radius 1 is 1.12 bits per heavy atom. The third kappa shape index (κ3) is 4.19. The summed E-state index contributed by atoms with van der Waals surface area (Å²) >= 11 is 5.99. The summed E-state index contributed by atoms with van der Waals surface area (Å²) in [5, 5.41) is 7.85. The predicted octanol–water partition coefficient (Wildman–Crippen LogP) is 3.74. The van der Waals surface area contributed by atoms with Crippen LogP contribution in [0.25, 0.3) is 10.9 Å². The summed E-state index contributed by atoms with van der Waals surface area (Å²) in [6, 6.07) is 14.5. The van der Waals surface area contributed by atoms with Crippen LogP contribution in [0.5, 0.6) is 5.75 Å². The Morgan fingerprint density at radius 3 is 2.68 bits per heavy atom. The highest BCUT2D eigenvalue weighted by Gasteiger charge is 2.05. The van der Waals surface area contributed by atoms with Crippen molar-refractivity contribution in [2.75, 3.05) is 25.5 Å². The predicted molar refractivity (Wildman–Crippen MR) is 101 cm³/mol. The highest BCUT2D eigenvalue weighted by Crippen LogP contribution is 2.24. The topological polar surface area (TPSA) is 63.2 Å². The van der Waals surface area contributed by atoms with Crippen LogP contribution in [-0.2, 0) is 0 Å². The molecule has 1 heterocycles. The van der Waals surface area contributed by atoms with Gasteiger partial charge in [0.2, 0.25) is 0 Å². The second-order valence-electron chi connectivity index (χ2n) is 5.43. The van der Waals surface area contributed by atoms with Crippen LogP contribution in [0.1, 0.15) is 10.4 Å². The molecule has 0 spiro atoms. The maximum atomic E-state index is 12.1. The summed E-state index contributed by atoms with van der Waals surface area (Å²) in [6.07, 6.45) is 1.73. The van der Waals surface area contributed by atoms with Gasteiger partial charge in [-0.15, -0.1) is 0 Å². The highest BCUT2D eigenvalue weighted by molar-refractivity contribution is 6.31. The first-order chi connectivity index (χ1) is 12.2. The first-order valence-corrected chi connectivity index (χ1v) is 8.25. The van der Waals surface area contributed by atoms with Crippen molar-refractivity contribution >= 4 is 34.1 Å². The zero-order valence-corrected chi connectivity index (χ0v) is 14.5. The van der Waals surface area contributed by atoms with Gasteiger partial charge in [-0.1, -0.05) is 11.6 Å². The van der Waals surface area contributed by atoms with Crippen molar-refractivity contribution < 1.29 is 9.53 Å². The minimum atomic E-state index is -0.115. The van der Waals surface area contributed by atoms with E-state index in [0.29, 0.717) is 23.7 Å². The molecule has 25 heavy (non-hydrogen) atoms. The number of ether oxygens (including phenoxy) is 1. The van der Waals surface area contributed by atoms with Crippen LogP contribution in [0.2, 0.25) is 5.02 Å². The molecule has 0 radical (unpaired) electrons. The summed E-state index contributed by atoms with van der Waals surface area (Å²) < 4.78 is 5.08. The molecule has 2 N–H and O–H groups in total. The number of nitrogens with zero attached hydrogens (tertiary/aromatic N) is 1. The van der Waals surface area contributed by atoms with Crippen molar-refractivity contribution in [2.24, 2.45) is 0 Å². The van der Waals surface area contributed by atoms with Gasteiger partial charge in [-0.25, -0.2) is 0 Å². The fourth-order valence-corrected chi connectivity index (χ4v) is 2.66. The average Bonchev–Trinajstić information content (AvgIpc) is 2.64. The number of hydrogen-bond acceptors (Lipinski definition) is 4. The summed E-state index contributed by atoms with van der Waals surface area (Å²) in [7, 11) is 1.59. The van der Waals surface area contributed by atoms with Crippen LogP contribution >= 0.6 is 11.6 Å². The van der Waals surface area contributed by atoms with Crippen LogP contribution in [0.15, 0.2) is 54.7 Å². The van der Waals surface area contributed by atoms with Crippen molar-refractivity contribution in [3.05, 3.63) is 65.3 Å². The molecule has 0 atom stereocenters. The third-order valence-corrected chi connectivity index (χ3v) is 4.02. The van der Waals surface area contributed by atoms with Gasteiger partial charge in [0.05, 0.1) is 12.6 Å². The maximum absolute atomic E-state index is 12.1. The average molecular weight is 356 g/mol. The molecular weight excluding hydrogens is 338 g/mol. The standard InChI is InChI=1S/C19H18ClN3O2/c1-25-15-5-2-13(3-6-15)19(24)23-11-10-22-17-8-9-21-18-12-14(20)4-7-16(17)18/h2-9,12H,10-11H2,1H3,(H,21,22)(H,23,24). The number of methoxy groups -OCH3 is 1. The van der Waals surface area contributed by atoms with E-state index in [0.717, 1.165) is 22.3 Å². The second-order valence-corrected chi connectivity index (χ2v) is 5.87. The smallest absolute Gasteiger partial charge is 0.251 e. The lowest BCUT2D eigenvalue weighted by Crippen LogP contribution is -2.28. The van der Waals surface area contributed by atoms with Gasteiger partial charge in [-0.2, -0.15) is 0 Å². The van der Waals surface area contributed by atoms with E-state index < -0.39 is 0 Å². The minimum Gasteiger partial charge on any atom is -0.497 e. The van der Waals surface area contributed by atoms with Crippen LogP contribution in [0.4, 0.5) is 5.69 Å². The molecule has 6 heteroatoms. The SMILES string of the molecule is COc1ccc(C(=O)NCCNc2ccnc3cc(Cl)ccc23)cc1. The molecule has 3 rings (SSSR count). The first kappa shape index (κ1) is 17.0.